The molecule has 72 valence electrons. The van der Waals surface area contributed by atoms with Crippen molar-refractivity contribution in [3.63, 3.8) is 0 Å². The molecule has 0 aliphatic rings. The average molecular weight is 172 g/mol. The third-order valence-corrected chi connectivity index (χ3v) is 1.64. The Balaban J connectivity index is 4.15. The molecule has 0 amide bonds. The predicted molar refractivity (Wildman–Crippen MR) is 50.2 cm³/mol. The standard InChI is InChI=1S/C10H20O2/c1-6-7-12-9(8(2)11)10(3,4)5/h9H,6-7H2,1-5H3. The SMILES string of the molecule is CCCOC(C(C)=O)C(C)(C)C. The Bertz CT molecular complexity index is 144. The van der Waals surface area contributed by atoms with Gasteiger partial charge in [0.05, 0.1) is 0 Å². The van der Waals surface area contributed by atoms with E-state index in [1.807, 2.05) is 27.7 Å². The molecule has 0 saturated carbocycles. The summed E-state index contributed by atoms with van der Waals surface area (Å²) in [7, 11) is 0. The van der Waals surface area contributed by atoms with E-state index in [0.717, 1.165) is 6.42 Å². The van der Waals surface area contributed by atoms with Crippen molar-refractivity contribution >= 4 is 5.78 Å². The Morgan fingerprint density at radius 1 is 1.42 bits per heavy atom. The van der Waals surface area contributed by atoms with E-state index in [1.165, 1.54) is 0 Å². The Kier molecular flexibility index (Phi) is 4.46. The van der Waals surface area contributed by atoms with E-state index in [2.05, 4.69) is 0 Å². The van der Waals surface area contributed by atoms with Gasteiger partial charge in [-0.2, -0.15) is 0 Å². The number of carbonyl (C=O) groups excluding carboxylic acids is 1. The summed E-state index contributed by atoms with van der Waals surface area (Å²) in [5, 5.41) is 0. The Hall–Kier alpha value is -0.370. The fourth-order valence-corrected chi connectivity index (χ4v) is 1.21. The van der Waals surface area contributed by atoms with E-state index in [0.29, 0.717) is 6.61 Å². The van der Waals surface area contributed by atoms with Gasteiger partial charge in [-0.3, -0.25) is 4.79 Å². The van der Waals surface area contributed by atoms with Crippen LogP contribution in [0.1, 0.15) is 41.0 Å². The number of ketones is 1. The third-order valence-electron chi connectivity index (χ3n) is 1.64. The van der Waals surface area contributed by atoms with E-state index in [9.17, 15) is 4.79 Å². The Labute approximate surface area is 75.3 Å². The highest BCUT2D eigenvalue weighted by Gasteiger charge is 2.28. The van der Waals surface area contributed by atoms with Crippen LogP contribution in [0.3, 0.4) is 0 Å². The summed E-state index contributed by atoms with van der Waals surface area (Å²) < 4.78 is 5.47. The van der Waals surface area contributed by atoms with Crippen LogP contribution < -0.4 is 0 Å². The molecule has 0 heterocycles. The molecule has 2 heteroatoms. The molecule has 0 fully saturated rings. The molecule has 0 N–H and O–H groups in total. The van der Waals surface area contributed by atoms with Gasteiger partial charge in [0.25, 0.3) is 0 Å². The van der Waals surface area contributed by atoms with Crippen LogP contribution in [0.25, 0.3) is 0 Å². The molecule has 0 aromatic heterocycles. The molecule has 0 spiro atoms. The summed E-state index contributed by atoms with van der Waals surface area (Å²) in [6.07, 6.45) is 0.706. The zero-order valence-corrected chi connectivity index (χ0v) is 8.81. The van der Waals surface area contributed by atoms with Crippen molar-refractivity contribution in [2.75, 3.05) is 6.61 Å². The molecular weight excluding hydrogens is 152 g/mol. The van der Waals surface area contributed by atoms with E-state index in [4.69, 9.17) is 4.74 Å². The van der Waals surface area contributed by atoms with Gasteiger partial charge in [-0.1, -0.05) is 27.7 Å². The summed E-state index contributed by atoms with van der Waals surface area (Å²) in [5.41, 5.74) is -0.0823. The molecule has 0 rings (SSSR count). The van der Waals surface area contributed by atoms with Crippen LogP contribution in [-0.2, 0) is 9.53 Å². The van der Waals surface area contributed by atoms with Crippen molar-refractivity contribution in [3.8, 4) is 0 Å². The second kappa shape index (κ2) is 4.61. The summed E-state index contributed by atoms with van der Waals surface area (Å²) in [5.74, 6) is 0.121. The fraction of sp³-hybridized carbons (Fsp3) is 0.900. The van der Waals surface area contributed by atoms with Crippen LogP contribution >= 0.6 is 0 Å². The minimum Gasteiger partial charge on any atom is -0.370 e. The van der Waals surface area contributed by atoms with Crippen LogP contribution in [-0.4, -0.2) is 18.5 Å². The van der Waals surface area contributed by atoms with Crippen molar-refractivity contribution in [2.24, 2.45) is 5.41 Å². The maximum Gasteiger partial charge on any atom is 0.159 e. The topological polar surface area (TPSA) is 26.3 Å². The third kappa shape index (κ3) is 3.86. The van der Waals surface area contributed by atoms with Gasteiger partial charge in [-0.05, 0) is 18.8 Å². The van der Waals surface area contributed by atoms with Gasteiger partial charge in [0.2, 0.25) is 0 Å². The van der Waals surface area contributed by atoms with Crippen molar-refractivity contribution in [2.45, 2.75) is 47.1 Å². The molecule has 1 atom stereocenters. The van der Waals surface area contributed by atoms with Crippen LogP contribution in [0.2, 0.25) is 0 Å². The summed E-state index contributed by atoms with van der Waals surface area (Å²) in [6, 6.07) is 0. The van der Waals surface area contributed by atoms with Crippen LogP contribution in [0.5, 0.6) is 0 Å². The number of ether oxygens (including phenoxy) is 1. The van der Waals surface area contributed by atoms with Gasteiger partial charge in [0.1, 0.15) is 6.10 Å². The maximum atomic E-state index is 11.2. The molecule has 0 aromatic carbocycles. The van der Waals surface area contributed by atoms with Crippen molar-refractivity contribution in [3.05, 3.63) is 0 Å². The zero-order valence-electron chi connectivity index (χ0n) is 8.81. The van der Waals surface area contributed by atoms with Crippen LogP contribution in [0, 0.1) is 5.41 Å². The average Bonchev–Trinajstić information content (AvgIpc) is 1.84. The smallest absolute Gasteiger partial charge is 0.159 e. The highest BCUT2D eigenvalue weighted by atomic mass is 16.5. The van der Waals surface area contributed by atoms with Gasteiger partial charge in [0, 0.05) is 6.61 Å². The second-order valence-electron chi connectivity index (χ2n) is 4.23. The van der Waals surface area contributed by atoms with Crippen LogP contribution in [0.4, 0.5) is 0 Å². The largest absolute Gasteiger partial charge is 0.370 e. The minimum absolute atomic E-state index is 0.0823. The Morgan fingerprint density at radius 2 is 1.92 bits per heavy atom. The quantitative estimate of drug-likeness (QED) is 0.651. The molecule has 2 nitrogen and oxygen atoms in total. The molecule has 0 aliphatic heterocycles. The van der Waals surface area contributed by atoms with Gasteiger partial charge in [-0.25, -0.2) is 0 Å². The lowest BCUT2D eigenvalue weighted by atomic mass is 9.87. The van der Waals surface area contributed by atoms with Crippen LogP contribution in [0.15, 0.2) is 0 Å². The van der Waals surface area contributed by atoms with Gasteiger partial charge < -0.3 is 4.74 Å². The number of hydrogen-bond donors (Lipinski definition) is 0. The summed E-state index contributed by atoms with van der Waals surface area (Å²) >= 11 is 0. The fourth-order valence-electron chi connectivity index (χ4n) is 1.21. The predicted octanol–water partition coefficient (Wildman–Crippen LogP) is 2.42. The Morgan fingerprint density at radius 3 is 2.17 bits per heavy atom. The molecule has 1 unspecified atom stereocenters. The lowest BCUT2D eigenvalue weighted by Gasteiger charge is -2.28. The first-order valence-electron chi connectivity index (χ1n) is 4.51. The van der Waals surface area contributed by atoms with Gasteiger partial charge in [0.15, 0.2) is 5.78 Å². The minimum atomic E-state index is -0.252. The van der Waals surface area contributed by atoms with E-state index in [1.54, 1.807) is 6.92 Å². The summed E-state index contributed by atoms with van der Waals surface area (Å²) in [6.45, 7) is 10.4. The first-order chi connectivity index (χ1) is 5.39. The maximum absolute atomic E-state index is 11.2. The van der Waals surface area contributed by atoms with Crippen molar-refractivity contribution in [1.29, 1.82) is 0 Å². The molecule has 0 saturated heterocycles. The lowest BCUT2D eigenvalue weighted by Crippen LogP contribution is -2.35. The zero-order chi connectivity index (χ0) is 9.78. The normalized spacial score (nSPS) is 14.4. The van der Waals surface area contributed by atoms with Crippen molar-refractivity contribution in [1.82, 2.24) is 0 Å². The van der Waals surface area contributed by atoms with E-state index < -0.39 is 0 Å². The molecule has 0 radical (unpaired) electrons. The highest BCUT2D eigenvalue weighted by Crippen LogP contribution is 2.22. The molecule has 0 aromatic rings. The first kappa shape index (κ1) is 11.6. The molecule has 0 bridgehead atoms. The monoisotopic (exact) mass is 172 g/mol. The number of rotatable bonds is 4. The second-order valence-corrected chi connectivity index (χ2v) is 4.23. The van der Waals surface area contributed by atoms with E-state index >= 15 is 0 Å². The number of Topliss-reactive ketones (excluding diaryl/α,β-unsaturated/α-hetero) is 1. The summed E-state index contributed by atoms with van der Waals surface area (Å²) in [4.78, 5) is 11.2. The molecular formula is C10H20O2. The van der Waals surface area contributed by atoms with Gasteiger partial charge >= 0.3 is 0 Å². The number of hydrogen-bond acceptors (Lipinski definition) is 2. The lowest BCUT2D eigenvalue weighted by molar-refractivity contribution is -0.135. The molecule has 12 heavy (non-hydrogen) atoms. The van der Waals surface area contributed by atoms with Crippen molar-refractivity contribution < 1.29 is 9.53 Å². The van der Waals surface area contributed by atoms with E-state index in [-0.39, 0.29) is 17.3 Å². The van der Waals surface area contributed by atoms with Gasteiger partial charge in [-0.15, -0.1) is 0 Å². The first-order valence-corrected chi connectivity index (χ1v) is 4.51. The molecule has 0 aliphatic carbocycles. The number of carbonyl (C=O) groups is 1. The highest BCUT2D eigenvalue weighted by molar-refractivity contribution is 5.81.